The smallest absolute Gasteiger partial charge is 0.343 e. The maximum Gasteiger partial charge on any atom is 1.00 e. The third-order valence-electron chi connectivity index (χ3n) is 4.85. The molecule has 0 aromatic carbocycles. The average molecular weight is 997 g/mol. The van der Waals surface area contributed by atoms with Gasteiger partial charge in [-0.1, -0.05) is 87.1 Å². The summed E-state index contributed by atoms with van der Waals surface area (Å²) in [6.07, 6.45) is 2.28. The number of hydrogen-bond donors (Lipinski definition) is 0. The Balaban J connectivity index is -0.000000598. The molecule has 4 aromatic heterocycles. The van der Waals surface area contributed by atoms with Crippen LogP contribution in [0.1, 0.15) is 34.6 Å². The summed E-state index contributed by atoms with van der Waals surface area (Å²) in [6.45, 7) is 26.5. The van der Waals surface area contributed by atoms with E-state index in [9.17, 15) is 0 Å². The van der Waals surface area contributed by atoms with Crippen molar-refractivity contribution in [2.75, 3.05) is 0 Å². The Bertz CT molecular complexity index is 1240. The second-order valence-electron chi connectivity index (χ2n) is 12.2. The van der Waals surface area contributed by atoms with Gasteiger partial charge in [-0.3, -0.25) is 0 Å². The summed E-state index contributed by atoms with van der Waals surface area (Å²) in [7, 11) is -3.61. The first kappa shape index (κ1) is 50.6. The molecular formula is C31H50Br4ClLiS4Si3. The fourth-order valence-corrected chi connectivity index (χ4v) is 14.6. The van der Waals surface area contributed by atoms with Gasteiger partial charge in [0.15, 0.2) is 0 Å². The van der Waals surface area contributed by atoms with Crippen LogP contribution < -0.4 is 27.9 Å². The Morgan fingerprint density at radius 3 is 1.07 bits per heavy atom. The van der Waals surface area contributed by atoms with Crippen LogP contribution in [-0.4, -0.2) is 23.5 Å². The molecule has 0 atom stereocenters. The number of thiophene rings is 4. The molecule has 246 valence electrons. The zero-order chi connectivity index (χ0) is 31.8. The van der Waals surface area contributed by atoms with Gasteiger partial charge in [0, 0.05) is 17.9 Å². The van der Waals surface area contributed by atoms with Crippen LogP contribution in [0.3, 0.4) is 0 Å². The zero-order valence-corrected chi connectivity index (χ0v) is 40.0. The first-order valence-corrected chi connectivity index (χ1v) is 31.3. The number of rotatable bonds is 5. The van der Waals surface area contributed by atoms with Crippen LogP contribution in [0.15, 0.2) is 52.9 Å². The van der Waals surface area contributed by atoms with Crippen molar-refractivity contribution < 1.29 is 18.9 Å². The van der Waals surface area contributed by atoms with Gasteiger partial charge in [-0.2, -0.15) is 17.5 Å². The van der Waals surface area contributed by atoms with Crippen LogP contribution >= 0.6 is 120 Å². The van der Waals surface area contributed by atoms with Crippen LogP contribution in [0.2, 0.25) is 58.9 Å². The van der Waals surface area contributed by atoms with E-state index in [4.69, 9.17) is 11.1 Å². The molecule has 4 heterocycles. The van der Waals surface area contributed by atoms with Crippen LogP contribution in [0, 0.1) is 6.92 Å². The quantitative estimate of drug-likeness (QED) is 0.106. The van der Waals surface area contributed by atoms with Gasteiger partial charge >= 0.3 is 18.9 Å². The maximum atomic E-state index is 5.67. The summed E-state index contributed by atoms with van der Waals surface area (Å²) in [6, 6.07) is 8.83. The van der Waals surface area contributed by atoms with Crippen molar-refractivity contribution in [2.45, 2.75) is 93.5 Å². The van der Waals surface area contributed by atoms with Crippen molar-refractivity contribution in [1.29, 1.82) is 0 Å². The molecule has 4 rings (SSSR count). The molecule has 0 aliphatic heterocycles. The monoisotopic (exact) mass is 992 g/mol. The molecule has 0 unspecified atom stereocenters. The molecule has 0 amide bonds. The topological polar surface area (TPSA) is 0 Å². The van der Waals surface area contributed by atoms with Crippen molar-refractivity contribution in [3.63, 3.8) is 0 Å². The van der Waals surface area contributed by atoms with Crippen LogP contribution in [-0.2, 0) is 0 Å². The van der Waals surface area contributed by atoms with E-state index in [0.717, 1.165) is 6.42 Å². The molecule has 0 nitrogen and oxygen atoms in total. The molecule has 0 N–H and O–H groups in total. The Labute approximate surface area is 340 Å². The molecule has 0 fully saturated rings. The first-order chi connectivity index (χ1) is 18.7. The Morgan fingerprint density at radius 2 is 0.909 bits per heavy atom. The average Bonchev–Trinajstić information content (AvgIpc) is 3.60. The van der Waals surface area contributed by atoms with E-state index in [1.807, 2.05) is 22.7 Å². The van der Waals surface area contributed by atoms with Crippen molar-refractivity contribution in [3.8, 4) is 19.5 Å². The predicted octanol–water partition coefficient (Wildman–Crippen LogP) is 13.1. The van der Waals surface area contributed by atoms with E-state index in [-0.39, 0.29) is 33.7 Å². The summed E-state index contributed by atoms with van der Waals surface area (Å²) in [5.74, 6) is 0. The molecule has 0 bridgehead atoms. The van der Waals surface area contributed by atoms with E-state index >= 15 is 0 Å². The van der Waals surface area contributed by atoms with E-state index in [0.29, 0.717) is 0 Å². The van der Waals surface area contributed by atoms with E-state index in [1.165, 1.54) is 43.8 Å². The van der Waals surface area contributed by atoms with Crippen LogP contribution in [0.25, 0.3) is 19.5 Å². The molecule has 0 saturated heterocycles. The molecule has 0 aliphatic carbocycles. The molecule has 13 heteroatoms. The molecule has 4 aromatic rings. The SMILES string of the molecule is Brc1ccsc1-c1sccc1Br.C.C.C[Si](C)(C)Cl.C[Si](C)(C)c1cc(Br)c(-c2sc([Si](C)(C)C)cc2Br)s1.[CH2-]CCC.[Li+]. The Hall–Kier alpha value is 2.26. The number of unbranched alkanes of at least 4 members (excludes halogenated alkanes) is 1. The van der Waals surface area contributed by atoms with Crippen LogP contribution in [0.4, 0.5) is 0 Å². The van der Waals surface area contributed by atoms with Crippen molar-refractivity contribution in [2.24, 2.45) is 0 Å². The van der Waals surface area contributed by atoms with Gasteiger partial charge in [0.05, 0.1) is 35.7 Å². The largest absolute Gasteiger partial charge is 1.00 e. The number of halogens is 5. The Morgan fingerprint density at radius 1 is 0.636 bits per heavy atom. The molecule has 44 heavy (non-hydrogen) atoms. The van der Waals surface area contributed by atoms with Crippen molar-refractivity contribution in [1.82, 2.24) is 0 Å². The summed E-state index contributed by atoms with van der Waals surface area (Å²) >= 11 is 27.7. The van der Waals surface area contributed by atoms with Crippen molar-refractivity contribution in [3.05, 3.63) is 59.8 Å². The minimum atomic E-state index is -1.24. The van der Waals surface area contributed by atoms with Gasteiger partial charge < -0.3 is 6.92 Å². The minimum Gasteiger partial charge on any atom is -0.343 e. The summed E-state index contributed by atoms with van der Waals surface area (Å²) in [5, 5.41) is 4.18. The number of hydrogen-bond acceptors (Lipinski definition) is 4. The van der Waals surface area contributed by atoms with Crippen molar-refractivity contribution >= 4 is 153 Å². The fraction of sp³-hybridized carbons (Fsp3) is 0.452. The van der Waals surface area contributed by atoms with Gasteiger partial charge in [-0.15, -0.1) is 45.3 Å². The van der Waals surface area contributed by atoms with Gasteiger partial charge in [-0.25, -0.2) is 0 Å². The molecule has 0 aliphatic rings. The second kappa shape index (κ2) is 22.9. The minimum absolute atomic E-state index is 0. The fourth-order valence-electron chi connectivity index (χ4n) is 2.70. The molecule has 0 saturated carbocycles. The predicted molar refractivity (Wildman–Crippen MR) is 235 cm³/mol. The Kier molecular flexibility index (Phi) is 26.3. The second-order valence-corrected chi connectivity index (χ2v) is 37.9. The maximum absolute atomic E-state index is 5.67. The summed E-state index contributed by atoms with van der Waals surface area (Å²) in [5.41, 5.74) is 0. The van der Waals surface area contributed by atoms with E-state index in [1.54, 1.807) is 31.7 Å². The molecular weight excluding hydrogens is 947 g/mol. The third-order valence-corrected chi connectivity index (χ3v) is 20.1. The van der Waals surface area contributed by atoms with Gasteiger partial charge in [0.2, 0.25) is 0 Å². The van der Waals surface area contributed by atoms with E-state index < -0.39 is 23.5 Å². The summed E-state index contributed by atoms with van der Waals surface area (Å²) < 4.78 is 7.99. The normalized spacial score (nSPS) is 10.8. The van der Waals surface area contributed by atoms with Gasteiger partial charge in [-0.05, 0) is 108 Å². The van der Waals surface area contributed by atoms with Gasteiger partial charge in [0.25, 0.3) is 0 Å². The zero-order valence-electron chi connectivity index (χ0n) is 26.6. The van der Waals surface area contributed by atoms with Gasteiger partial charge in [0.1, 0.15) is 7.38 Å². The summed E-state index contributed by atoms with van der Waals surface area (Å²) in [4.78, 5) is 5.39. The third kappa shape index (κ3) is 18.3. The molecule has 0 spiro atoms. The van der Waals surface area contributed by atoms with E-state index in [2.05, 4.69) is 172 Å². The molecule has 0 radical (unpaired) electrons. The van der Waals surface area contributed by atoms with Crippen LogP contribution in [0.5, 0.6) is 0 Å². The standard InChI is InChI=1S/C14H20Br2S2Si2.C8H4Br2S2.C4H9.C3H9ClSi.2CH4.Li/c1-19(2,3)11-7-9(15)13(17-11)14-10(16)8-12(18-14)20(4,5)6;9-5-1-3-11-7(5)8-6(10)2-4-12-8;1-3-4-2;1-5(2,3)4;;;/h7-8H,1-6H3;1-4H;1,3-4H2,2H3;1-3H3;2*1H4;/q;;-1;;;;+1. The first-order valence-electron chi connectivity index (χ1n) is 13.2.